The summed E-state index contributed by atoms with van der Waals surface area (Å²) in [7, 11) is 1.89. The highest BCUT2D eigenvalue weighted by Gasteiger charge is 2.11. The zero-order valence-electron chi connectivity index (χ0n) is 10.8. The Morgan fingerprint density at radius 1 is 1.11 bits per heavy atom. The molecule has 3 heteroatoms. The molecule has 1 aromatic carbocycles. The van der Waals surface area contributed by atoms with Gasteiger partial charge in [-0.1, -0.05) is 26.0 Å². The standard InChI is InChI=1S/C15H16FNO/c1-10(2)13-8-17(3)9-14(15(13)18)11-4-6-12(16)7-5-11/h4-10H,1-3H3. The van der Waals surface area contributed by atoms with Crippen LogP contribution >= 0.6 is 0 Å². The van der Waals surface area contributed by atoms with E-state index < -0.39 is 0 Å². The second kappa shape index (κ2) is 4.77. The third-order valence-electron chi connectivity index (χ3n) is 2.96. The summed E-state index contributed by atoms with van der Waals surface area (Å²) in [5, 5.41) is 0. The summed E-state index contributed by atoms with van der Waals surface area (Å²) >= 11 is 0. The number of rotatable bonds is 2. The summed E-state index contributed by atoms with van der Waals surface area (Å²) in [6, 6.07) is 6.01. The fourth-order valence-corrected chi connectivity index (χ4v) is 1.98. The zero-order chi connectivity index (χ0) is 13.3. The van der Waals surface area contributed by atoms with Crippen LogP contribution in [0.3, 0.4) is 0 Å². The van der Waals surface area contributed by atoms with Crippen LogP contribution in [0.15, 0.2) is 41.5 Å². The molecule has 0 saturated heterocycles. The van der Waals surface area contributed by atoms with Gasteiger partial charge < -0.3 is 4.57 Å². The summed E-state index contributed by atoms with van der Waals surface area (Å²) < 4.78 is 14.8. The molecule has 94 valence electrons. The van der Waals surface area contributed by atoms with E-state index in [1.807, 2.05) is 31.7 Å². The number of nitrogens with zero attached hydrogens (tertiary/aromatic N) is 1. The molecule has 0 radical (unpaired) electrons. The Hall–Kier alpha value is -1.90. The molecule has 2 nitrogen and oxygen atoms in total. The van der Waals surface area contributed by atoms with Crippen molar-refractivity contribution in [2.45, 2.75) is 19.8 Å². The fraction of sp³-hybridized carbons (Fsp3) is 0.267. The predicted octanol–water partition coefficient (Wildman–Crippen LogP) is 3.31. The van der Waals surface area contributed by atoms with Crippen molar-refractivity contribution >= 4 is 0 Å². The maximum absolute atomic E-state index is 12.9. The molecule has 0 aliphatic carbocycles. The second-order valence-corrected chi connectivity index (χ2v) is 4.78. The molecule has 18 heavy (non-hydrogen) atoms. The number of benzene rings is 1. The van der Waals surface area contributed by atoms with Crippen LogP contribution in [0.25, 0.3) is 11.1 Å². The minimum Gasteiger partial charge on any atom is -0.356 e. The van der Waals surface area contributed by atoms with Crippen molar-refractivity contribution in [2.75, 3.05) is 0 Å². The Balaban J connectivity index is 2.64. The summed E-state index contributed by atoms with van der Waals surface area (Å²) in [5.74, 6) is -0.125. The van der Waals surface area contributed by atoms with Crippen LogP contribution in [0.1, 0.15) is 25.3 Å². The van der Waals surface area contributed by atoms with Crippen molar-refractivity contribution in [3.8, 4) is 11.1 Å². The minimum atomic E-state index is -0.296. The van der Waals surface area contributed by atoms with E-state index in [0.717, 1.165) is 11.1 Å². The summed E-state index contributed by atoms with van der Waals surface area (Å²) in [6.07, 6.45) is 3.63. The molecule has 0 bridgehead atoms. The third-order valence-corrected chi connectivity index (χ3v) is 2.96. The number of aryl methyl sites for hydroxylation is 1. The number of hydrogen-bond donors (Lipinski definition) is 0. The smallest absolute Gasteiger partial charge is 0.192 e. The Morgan fingerprint density at radius 2 is 1.72 bits per heavy atom. The lowest BCUT2D eigenvalue weighted by Gasteiger charge is -2.10. The Kier molecular flexibility index (Phi) is 3.32. The molecule has 0 atom stereocenters. The van der Waals surface area contributed by atoms with Gasteiger partial charge >= 0.3 is 0 Å². The number of halogens is 1. The molecule has 0 unspecified atom stereocenters. The molecule has 1 heterocycles. The van der Waals surface area contributed by atoms with Gasteiger partial charge in [-0.3, -0.25) is 4.79 Å². The molecule has 0 aliphatic rings. The first-order valence-electron chi connectivity index (χ1n) is 5.95. The summed E-state index contributed by atoms with van der Waals surface area (Å²) in [5.41, 5.74) is 2.16. The maximum atomic E-state index is 12.9. The number of hydrogen-bond acceptors (Lipinski definition) is 1. The van der Waals surface area contributed by atoms with Gasteiger partial charge in [0.1, 0.15) is 5.82 Å². The van der Waals surface area contributed by atoms with Gasteiger partial charge in [0.25, 0.3) is 0 Å². The first-order valence-corrected chi connectivity index (χ1v) is 5.95. The van der Waals surface area contributed by atoms with Gasteiger partial charge in [0.15, 0.2) is 5.43 Å². The average Bonchev–Trinajstić information content (AvgIpc) is 2.32. The first-order chi connectivity index (χ1) is 8.49. The van der Waals surface area contributed by atoms with Crippen molar-refractivity contribution in [1.29, 1.82) is 0 Å². The van der Waals surface area contributed by atoms with Gasteiger partial charge in [-0.15, -0.1) is 0 Å². The normalized spacial score (nSPS) is 10.9. The minimum absolute atomic E-state index is 0.0229. The second-order valence-electron chi connectivity index (χ2n) is 4.78. The maximum Gasteiger partial charge on any atom is 0.192 e. The molecular weight excluding hydrogens is 229 g/mol. The highest BCUT2D eigenvalue weighted by atomic mass is 19.1. The zero-order valence-corrected chi connectivity index (χ0v) is 10.8. The van der Waals surface area contributed by atoms with Gasteiger partial charge in [-0.25, -0.2) is 4.39 Å². The molecule has 2 aromatic rings. The van der Waals surface area contributed by atoms with Crippen LogP contribution in [0.2, 0.25) is 0 Å². The fourth-order valence-electron chi connectivity index (χ4n) is 1.98. The average molecular weight is 245 g/mol. The van der Waals surface area contributed by atoms with E-state index in [-0.39, 0.29) is 17.2 Å². The number of pyridine rings is 1. The lowest BCUT2D eigenvalue weighted by Crippen LogP contribution is -2.15. The van der Waals surface area contributed by atoms with Crippen molar-refractivity contribution < 1.29 is 4.39 Å². The van der Waals surface area contributed by atoms with E-state index in [9.17, 15) is 9.18 Å². The van der Waals surface area contributed by atoms with Crippen LogP contribution in [-0.4, -0.2) is 4.57 Å². The van der Waals surface area contributed by atoms with Crippen LogP contribution < -0.4 is 5.43 Å². The van der Waals surface area contributed by atoms with E-state index in [2.05, 4.69) is 0 Å². The molecule has 0 saturated carbocycles. The molecule has 0 spiro atoms. The largest absolute Gasteiger partial charge is 0.356 e. The summed E-state index contributed by atoms with van der Waals surface area (Å²) in [6.45, 7) is 3.98. The van der Waals surface area contributed by atoms with E-state index in [1.54, 1.807) is 18.3 Å². The van der Waals surface area contributed by atoms with Crippen LogP contribution in [0.4, 0.5) is 4.39 Å². The number of aromatic nitrogens is 1. The van der Waals surface area contributed by atoms with Crippen molar-refractivity contribution in [3.63, 3.8) is 0 Å². The van der Waals surface area contributed by atoms with Gasteiger partial charge in [0.2, 0.25) is 0 Å². The predicted molar refractivity (Wildman–Crippen MR) is 71.2 cm³/mol. The van der Waals surface area contributed by atoms with Crippen LogP contribution in [0.5, 0.6) is 0 Å². The Morgan fingerprint density at radius 3 is 2.28 bits per heavy atom. The SMILES string of the molecule is CC(C)c1cn(C)cc(-c2ccc(F)cc2)c1=O. The first kappa shape index (κ1) is 12.6. The van der Waals surface area contributed by atoms with Crippen LogP contribution in [-0.2, 0) is 7.05 Å². The summed E-state index contributed by atoms with van der Waals surface area (Å²) in [4.78, 5) is 12.3. The Labute approximate surface area is 106 Å². The van der Waals surface area contributed by atoms with Gasteiger partial charge in [0.05, 0.1) is 0 Å². The molecule has 0 aliphatic heterocycles. The molecule has 0 fully saturated rings. The van der Waals surface area contributed by atoms with Gasteiger partial charge in [-0.05, 0) is 23.6 Å². The third kappa shape index (κ3) is 2.35. The molecule has 1 aromatic heterocycles. The van der Waals surface area contributed by atoms with E-state index in [0.29, 0.717) is 5.56 Å². The van der Waals surface area contributed by atoms with Crippen molar-refractivity contribution in [3.05, 3.63) is 58.3 Å². The monoisotopic (exact) mass is 245 g/mol. The Bertz CT molecular complexity index is 611. The van der Waals surface area contributed by atoms with E-state index in [1.165, 1.54) is 12.1 Å². The lowest BCUT2D eigenvalue weighted by molar-refractivity contribution is 0.628. The van der Waals surface area contributed by atoms with Gasteiger partial charge in [0, 0.05) is 30.6 Å². The van der Waals surface area contributed by atoms with Crippen molar-refractivity contribution in [1.82, 2.24) is 4.57 Å². The van der Waals surface area contributed by atoms with Crippen LogP contribution in [0, 0.1) is 5.82 Å². The quantitative estimate of drug-likeness (QED) is 0.795. The van der Waals surface area contributed by atoms with E-state index >= 15 is 0 Å². The molecule has 0 amide bonds. The molecule has 2 rings (SSSR count). The van der Waals surface area contributed by atoms with Gasteiger partial charge in [-0.2, -0.15) is 0 Å². The highest BCUT2D eigenvalue weighted by molar-refractivity contribution is 5.63. The lowest BCUT2D eigenvalue weighted by atomic mass is 9.99. The topological polar surface area (TPSA) is 22.0 Å². The molecular formula is C15H16FNO. The van der Waals surface area contributed by atoms with E-state index in [4.69, 9.17) is 0 Å². The van der Waals surface area contributed by atoms with Crippen molar-refractivity contribution in [2.24, 2.45) is 7.05 Å². The highest BCUT2D eigenvalue weighted by Crippen LogP contribution is 2.18. The molecule has 0 N–H and O–H groups in total.